The predicted molar refractivity (Wildman–Crippen MR) is 190 cm³/mol. The van der Waals surface area contributed by atoms with Gasteiger partial charge in [0.1, 0.15) is 6.29 Å². The summed E-state index contributed by atoms with van der Waals surface area (Å²) in [7, 11) is 0.889. The van der Waals surface area contributed by atoms with Crippen LogP contribution in [0.15, 0.2) is 97.2 Å². The molecule has 0 bridgehead atoms. The minimum absolute atomic E-state index is 0. The van der Waals surface area contributed by atoms with Crippen molar-refractivity contribution in [3.05, 3.63) is 134 Å². The number of aldehydes is 1. The van der Waals surface area contributed by atoms with Crippen molar-refractivity contribution in [1.29, 1.82) is 0 Å². The molecule has 13 heteroatoms. The van der Waals surface area contributed by atoms with Crippen LogP contribution in [0.3, 0.4) is 0 Å². The minimum Gasteiger partial charge on any atom is -1.00 e. The summed E-state index contributed by atoms with van der Waals surface area (Å²) in [6, 6.07) is 28.5. The number of rotatable bonds is 5. The van der Waals surface area contributed by atoms with Crippen LogP contribution in [0.5, 0.6) is 0 Å². The van der Waals surface area contributed by atoms with Crippen LogP contribution in [-0.2, 0) is 11.2 Å². The average Bonchev–Trinajstić information content (AvgIpc) is 3.01. The van der Waals surface area contributed by atoms with Gasteiger partial charge in [-0.25, -0.2) is 0 Å². The molecule has 0 spiro atoms. The summed E-state index contributed by atoms with van der Waals surface area (Å²) in [4.78, 5) is 36.7. The molecule has 250 valence electrons. The molecule has 3 aromatic carbocycles. The summed E-state index contributed by atoms with van der Waals surface area (Å²) >= 11 is 0. The quantitative estimate of drug-likeness (QED) is 0.160. The molecule has 0 aliphatic rings. The number of nitrogens with two attached hydrogens (primary N) is 1. The number of nitro groups is 2. The second-order valence-corrected chi connectivity index (χ2v) is 6.52. The van der Waals surface area contributed by atoms with Crippen molar-refractivity contribution in [3.8, 4) is 0 Å². The van der Waals surface area contributed by atoms with Crippen LogP contribution < -0.4 is 30.7 Å². The van der Waals surface area contributed by atoms with E-state index < -0.39 is 15.8 Å². The number of aliphatic carboxylic acids is 1. The molecule has 0 atom stereocenters. The molecule has 6 N–H and O–H groups in total. The zero-order valence-electron chi connectivity index (χ0n) is 28.9. The number of hydrogen-bond acceptors (Lipinski definition) is 8. The molecule has 3 aromatic rings. The zero-order chi connectivity index (χ0) is 33.6. The fraction of sp³-hybridized carbons (Fsp3) is 0.312. The van der Waals surface area contributed by atoms with Gasteiger partial charge in [-0.05, 0) is 24.1 Å². The van der Waals surface area contributed by atoms with E-state index in [1.807, 2.05) is 96.1 Å². The smallest absolute Gasteiger partial charge is 1.00 e. The van der Waals surface area contributed by atoms with Crippen molar-refractivity contribution in [3.63, 3.8) is 0 Å². The van der Waals surface area contributed by atoms with Gasteiger partial charge in [-0.1, -0.05) is 133 Å². The first-order valence-electron chi connectivity index (χ1n) is 13.5. The van der Waals surface area contributed by atoms with Crippen LogP contribution in [0.25, 0.3) is 6.08 Å². The van der Waals surface area contributed by atoms with E-state index in [-0.39, 0.29) is 43.8 Å². The van der Waals surface area contributed by atoms with Gasteiger partial charge in [0.15, 0.2) is 24.4 Å². The fourth-order valence-corrected chi connectivity index (χ4v) is 2.05. The third kappa shape index (κ3) is 64.5. The average molecular weight is 643 g/mol. The van der Waals surface area contributed by atoms with Crippen LogP contribution in [0, 0.1) is 20.2 Å². The SMILES string of the molecule is CC.CC.CC.CC(=O)O.C[N+](=O)[O-].N.NCCc1ccccc1.O=Cc1ccccc1.O=[N+]([O-])/C=C/c1ccccc1.[AlH3].[H-].[Li+]. The molecule has 0 amide bonds. The standard InChI is InChI=1S/C8H7NO2.C8H11N.C7H6O.C2H4O2.3C2H6.CH3NO2.Al.Li.H3N.4H/c10-9(11)7-6-8-4-2-1-3-5-8;9-7-6-8-4-2-1-3-5-8;8-6-7-4-2-1-3-5-7;1-2(3)4;3*1-2;1-2(3)4;;;;;;;/h1-7H;1-5H,6-7,9H2;1-6H;1H3,(H,3,4);3*1-2H3;1H3;;;1H3;;;;/q;;;;;;;;;+1;;;;;-1/b7-6+;;;;;;;;;;;;;;. The number of hydrogen-bond donors (Lipinski definition) is 3. The minimum atomic E-state index is -0.833. The summed E-state index contributed by atoms with van der Waals surface area (Å²) in [5, 5.41) is 26.1. The molecule has 0 saturated carbocycles. The van der Waals surface area contributed by atoms with E-state index >= 15 is 0 Å². The van der Waals surface area contributed by atoms with Crippen molar-refractivity contribution in [2.45, 2.75) is 54.9 Å². The zero-order valence-corrected chi connectivity index (χ0v) is 27.9. The normalized spacial score (nSPS) is 7.40. The Labute approximate surface area is 294 Å². The van der Waals surface area contributed by atoms with Crippen LogP contribution in [0.2, 0.25) is 0 Å². The molecule has 0 aliphatic heterocycles. The molecule has 11 nitrogen and oxygen atoms in total. The summed E-state index contributed by atoms with van der Waals surface area (Å²) in [5.41, 5.74) is 8.25. The van der Waals surface area contributed by atoms with Gasteiger partial charge in [0, 0.05) is 23.5 Å². The Hall–Kier alpha value is -3.61. The Morgan fingerprint density at radius 1 is 0.800 bits per heavy atom. The van der Waals surface area contributed by atoms with Gasteiger partial charge in [0.2, 0.25) is 6.20 Å². The second-order valence-electron chi connectivity index (χ2n) is 6.52. The Morgan fingerprint density at radius 2 is 1.09 bits per heavy atom. The topological polar surface area (TPSA) is 202 Å². The van der Waals surface area contributed by atoms with Gasteiger partial charge >= 0.3 is 18.9 Å². The van der Waals surface area contributed by atoms with Gasteiger partial charge in [-0.15, -0.1) is 0 Å². The third-order valence-corrected chi connectivity index (χ3v) is 3.40. The van der Waals surface area contributed by atoms with E-state index in [9.17, 15) is 14.9 Å². The van der Waals surface area contributed by atoms with Gasteiger partial charge < -0.3 is 18.4 Å². The molecular formula is C32H56AlLiN4O7. The van der Waals surface area contributed by atoms with E-state index in [1.54, 1.807) is 24.3 Å². The van der Waals surface area contributed by atoms with E-state index in [0.717, 1.165) is 50.6 Å². The van der Waals surface area contributed by atoms with Crippen molar-refractivity contribution in [2.24, 2.45) is 5.73 Å². The second kappa shape index (κ2) is 53.0. The van der Waals surface area contributed by atoms with Crippen LogP contribution in [-0.4, -0.2) is 58.2 Å². The molecule has 3 rings (SSSR count). The first-order chi connectivity index (χ1) is 20.1. The van der Waals surface area contributed by atoms with Gasteiger partial charge in [-0.2, -0.15) is 0 Å². The molecule has 0 aliphatic carbocycles. The molecule has 0 aromatic heterocycles. The van der Waals surface area contributed by atoms with Crippen LogP contribution >= 0.6 is 0 Å². The Bertz CT molecular complexity index is 1020. The molecule has 0 radical (unpaired) electrons. The summed E-state index contributed by atoms with van der Waals surface area (Å²) in [6.07, 6.45) is 4.20. The van der Waals surface area contributed by atoms with E-state index in [0.29, 0.717) is 0 Å². The number of carbonyl (C=O) groups is 2. The van der Waals surface area contributed by atoms with Crippen molar-refractivity contribution in [1.82, 2.24) is 6.15 Å². The maximum Gasteiger partial charge on any atom is 1.00 e. The first kappa shape index (κ1) is 60.6. The first-order valence-corrected chi connectivity index (χ1v) is 13.5. The van der Waals surface area contributed by atoms with Crippen molar-refractivity contribution in [2.75, 3.05) is 13.6 Å². The molecule has 0 unspecified atom stereocenters. The molecule has 0 fully saturated rings. The van der Waals surface area contributed by atoms with Gasteiger partial charge in [0.25, 0.3) is 5.97 Å². The van der Waals surface area contributed by atoms with E-state index in [1.165, 1.54) is 11.6 Å². The van der Waals surface area contributed by atoms with Gasteiger partial charge in [-0.3, -0.25) is 29.8 Å². The van der Waals surface area contributed by atoms with E-state index in [4.69, 9.17) is 25.7 Å². The molecule has 45 heavy (non-hydrogen) atoms. The largest absolute Gasteiger partial charge is 1.00 e. The molecule has 0 saturated heterocycles. The van der Waals surface area contributed by atoms with Crippen molar-refractivity contribution >= 4 is 35.7 Å². The maximum absolute atomic E-state index is 10.0. The molecular weight excluding hydrogens is 586 g/mol. The Morgan fingerprint density at radius 3 is 1.33 bits per heavy atom. The van der Waals surface area contributed by atoms with Crippen molar-refractivity contribution < 1.29 is 44.8 Å². The predicted octanol–water partition coefficient (Wildman–Crippen LogP) is 3.78. The monoisotopic (exact) mass is 642 g/mol. The van der Waals surface area contributed by atoms with Crippen LogP contribution in [0.1, 0.15) is 71.4 Å². The fourth-order valence-electron chi connectivity index (χ4n) is 2.05. The number of nitrogens with zero attached hydrogens (tertiary/aromatic N) is 2. The number of carbonyl (C=O) groups excluding carboxylic acids is 1. The number of benzene rings is 3. The Balaban J connectivity index is -0.0000000518. The maximum atomic E-state index is 10.0. The summed E-state index contributed by atoms with van der Waals surface area (Å²) in [6.45, 7) is 13.8. The Kier molecular flexibility index (Phi) is 71.3. The summed E-state index contributed by atoms with van der Waals surface area (Å²) in [5.74, 6) is -0.833. The number of carboxylic acids is 1. The number of carboxylic acid groups (broad SMARTS) is 1. The third-order valence-electron chi connectivity index (χ3n) is 3.40. The van der Waals surface area contributed by atoms with E-state index in [2.05, 4.69) is 12.1 Å². The van der Waals surface area contributed by atoms with Crippen LogP contribution in [0.4, 0.5) is 0 Å². The summed E-state index contributed by atoms with van der Waals surface area (Å²) < 4.78 is 0. The molecule has 0 heterocycles. The van der Waals surface area contributed by atoms with Gasteiger partial charge in [0.05, 0.1) is 4.92 Å².